The monoisotopic (exact) mass is 203 g/mol. The molecule has 0 aromatic heterocycles. The van der Waals surface area contributed by atoms with Crippen LogP contribution in [0.2, 0.25) is 10.5 Å². The predicted molar refractivity (Wildman–Crippen MR) is 40.8 cm³/mol. The first-order chi connectivity index (χ1) is 4.39. The van der Waals surface area contributed by atoms with E-state index in [0.29, 0.717) is 13.2 Å². The Morgan fingerprint density at radius 3 is 1.60 bits per heavy atom. The van der Waals surface area contributed by atoms with Gasteiger partial charge in [-0.25, -0.2) is 0 Å². The first kappa shape index (κ1) is 10.9. The molecule has 0 saturated carbocycles. The van der Waals surface area contributed by atoms with E-state index in [0.717, 1.165) is 0 Å². The van der Waals surface area contributed by atoms with Crippen LogP contribution in [-0.2, 0) is 21.7 Å². The molecule has 0 aliphatic heterocycles. The molecule has 0 aromatic carbocycles. The van der Waals surface area contributed by atoms with Crippen LogP contribution in [0, 0.1) is 0 Å². The molecule has 10 heavy (non-hydrogen) atoms. The van der Waals surface area contributed by atoms with E-state index in [1.807, 2.05) is 24.3 Å². The third kappa shape index (κ3) is 4.70. The number of hydrogen-bond donors (Lipinski definition) is 0. The molecule has 0 saturated heterocycles. The fourth-order valence-electron chi connectivity index (χ4n) is 0.846. The zero-order valence-electron chi connectivity index (χ0n) is 7.11. The molecule has 0 amide bonds. The van der Waals surface area contributed by atoms with Crippen molar-refractivity contribution < 1.29 is 21.7 Å². The zero-order chi connectivity index (χ0) is 8.28. The summed E-state index contributed by atoms with van der Waals surface area (Å²) in [4.78, 5) is 0. The van der Waals surface area contributed by atoms with Gasteiger partial charge in [-0.1, -0.05) is 0 Å². The summed E-state index contributed by atoms with van der Waals surface area (Å²) >= 11 is -3.32. The van der Waals surface area contributed by atoms with Crippen molar-refractivity contribution in [2.75, 3.05) is 13.2 Å². The summed E-state index contributed by atoms with van der Waals surface area (Å²) in [6.45, 7) is 5.12. The number of hydrogen-bond acceptors (Lipinski definition) is 2. The Labute approximate surface area is 68.6 Å². The maximum absolute atomic E-state index is 6.14. The Kier molecular flexibility index (Phi) is 3.88. The molecule has 0 fully saturated rings. The third-order valence-corrected chi connectivity index (χ3v) is 5.41. The molecule has 0 bridgehead atoms. The van der Waals surface area contributed by atoms with Gasteiger partial charge in [-0.05, 0) is 0 Å². The van der Waals surface area contributed by atoms with E-state index in [1.165, 1.54) is 0 Å². The molecule has 0 aliphatic carbocycles. The van der Waals surface area contributed by atoms with E-state index < -0.39 is 15.0 Å². The standard InChI is InChI=1S/2C2H5O.2CH3.ClH.Ti/c2*1-2-3;;;;/h2*2H2,1H3;2*1H3;1H;/q2*-1;;;;+3/p-1. The van der Waals surface area contributed by atoms with Gasteiger partial charge in [-0.2, -0.15) is 0 Å². The van der Waals surface area contributed by atoms with Gasteiger partial charge in [-0.15, -0.1) is 0 Å². The Bertz CT molecular complexity index is 98.1. The number of rotatable bonds is 4. The van der Waals surface area contributed by atoms with Gasteiger partial charge in [0, 0.05) is 0 Å². The van der Waals surface area contributed by atoms with Crippen molar-refractivity contribution in [2.24, 2.45) is 0 Å². The van der Waals surface area contributed by atoms with Crippen LogP contribution in [-0.4, -0.2) is 13.2 Å². The molecule has 0 unspecified atom stereocenters. The van der Waals surface area contributed by atoms with Gasteiger partial charge in [0.1, 0.15) is 0 Å². The van der Waals surface area contributed by atoms with Gasteiger partial charge in [0.05, 0.1) is 0 Å². The topological polar surface area (TPSA) is 18.5 Å². The number of halogens is 1. The Morgan fingerprint density at radius 1 is 1.10 bits per heavy atom. The van der Waals surface area contributed by atoms with Gasteiger partial charge < -0.3 is 0 Å². The molecule has 0 rings (SSSR count). The van der Waals surface area contributed by atoms with E-state index >= 15 is 0 Å². The average Bonchev–Trinajstić information content (AvgIpc) is 1.61. The Balaban J connectivity index is 3.97. The van der Waals surface area contributed by atoms with Crippen molar-refractivity contribution in [1.82, 2.24) is 0 Å². The van der Waals surface area contributed by atoms with Crippen molar-refractivity contribution in [3.05, 3.63) is 0 Å². The van der Waals surface area contributed by atoms with Crippen LogP contribution in [0.5, 0.6) is 0 Å². The van der Waals surface area contributed by atoms with Gasteiger partial charge in [0.15, 0.2) is 0 Å². The summed E-state index contributed by atoms with van der Waals surface area (Å²) in [5, 5.41) is 3.79. The van der Waals surface area contributed by atoms with E-state index in [1.54, 1.807) is 0 Å². The van der Waals surface area contributed by atoms with Crippen LogP contribution < -0.4 is 0 Å². The van der Waals surface area contributed by atoms with Crippen molar-refractivity contribution in [3.63, 3.8) is 0 Å². The minimum absolute atomic E-state index is 0.633. The molecule has 0 atom stereocenters. The molecule has 0 spiro atoms. The second-order valence-corrected chi connectivity index (χ2v) is 14.1. The van der Waals surface area contributed by atoms with Crippen molar-refractivity contribution in [3.8, 4) is 0 Å². The van der Waals surface area contributed by atoms with E-state index in [2.05, 4.69) is 0 Å². The summed E-state index contributed by atoms with van der Waals surface area (Å²) < 4.78 is 10.8. The first-order valence-corrected chi connectivity index (χ1v) is 10.1. The Hall–Kier alpha value is 0.924. The van der Waals surface area contributed by atoms with Crippen molar-refractivity contribution >= 4 is 9.30 Å². The van der Waals surface area contributed by atoms with Gasteiger partial charge in [0.2, 0.25) is 0 Å². The summed E-state index contributed by atoms with van der Waals surface area (Å²) in [5.41, 5.74) is 0. The molecule has 0 aromatic rings. The van der Waals surface area contributed by atoms with Crippen LogP contribution in [0.15, 0.2) is 0 Å². The van der Waals surface area contributed by atoms with Crippen LogP contribution in [0.4, 0.5) is 0 Å². The summed E-state index contributed by atoms with van der Waals surface area (Å²) in [6.07, 6.45) is 0. The summed E-state index contributed by atoms with van der Waals surface area (Å²) in [6, 6.07) is 0. The maximum atomic E-state index is 6.14. The molecule has 0 aliphatic rings. The quantitative estimate of drug-likeness (QED) is 0.654. The summed E-state index contributed by atoms with van der Waals surface area (Å²) in [5.74, 6) is 0. The van der Waals surface area contributed by atoms with Crippen LogP contribution in [0.1, 0.15) is 13.8 Å². The molecule has 4 heteroatoms. The fourth-order valence-corrected chi connectivity index (χ4v) is 4.39. The SMILES string of the molecule is CC[O][Ti]([CH3])([CH3])([Cl])[O]CC. The minimum atomic E-state index is -3.32. The normalized spacial score (nSPS) is 16.3. The second-order valence-electron chi connectivity index (χ2n) is 2.80. The van der Waals surface area contributed by atoms with Crippen molar-refractivity contribution in [2.45, 2.75) is 24.3 Å². The molecule has 0 heterocycles. The fraction of sp³-hybridized carbons (Fsp3) is 1.00. The second kappa shape index (κ2) is 3.55. The van der Waals surface area contributed by atoms with E-state index in [9.17, 15) is 0 Å². The zero-order valence-corrected chi connectivity index (χ0v) is 9.43. The van der Waals surface area contributed by atoms with Crippen LogP contribution >= 0.6 is 9.30 Å². The summed E-state index contributed by atoms with van der Waals surface area (Å²) in [7, 11) is 6.14. The molecule has 0 radical (unpaired) electrons. The molecular weight excluding hydrogens is 187 g/mol. The predicted octanol–water partition coefficient (Wildman–Crippen LogP) is 2.83. The molecule has 2 nitrogen and oxygen atoms in total. The average molecular weight is 204 g/mol. The van der Waals surface area contributed by atoms with Crippen LogP contribution in [0.25, 0.3) is 0 Å². The van der Waals surface area contributed by atoms with E-state index in [4.69, 9.17) is 15.9 Å². The van der Waals surface area contributed by atoms with Gasteiger partial charge in [-0.3, -0.25) is 0 Å². The van der Waals surface area contributed by atoms with Crippen molar-refractivity contribution in [1.29, 1.82) is 0 Å². The van der Waals surface area contributed by atoms with Crippen LogP contribution in [0.3, 0.4) is 0 Å². The molecular formula is C6H16ClO2Ti. The van der Waals surface area contributed by atoms with Gasteiger partial charge >= 0.3 is 68.5 Å². The Morgan fingerprint density at radius 2 is 1.40 bits per heavy atom. The van der Waals surface area contributed by atoms with E-state index in [-0.39, 0.29) is 0 Å². The third-order valence-electron chi connectivity index (χ3n) is 1.09. The van der Waals surface area contributed by atoms with Gasteiger partial charge in [0.25, 0.3) is 0 Å². The molecule has 63 valence electrons. The first-order valence-electron chi connectivity index (χ1n) is 3.59. The molecule has 0 N–H and O–H groups in total.